The molecule has 10 heteroatoms. The summed E-state index contributed by atoms with van der Waals surface area (Å²) in [4.78, 5) is 24.2. The Kier molecular flexibility index (Phi) is 8.23. The molecular weight excluding hydrogens is 452 g/mol. The monoisotopic (exact) mass is 484 g/mol. The molecule has 3 heterocycles. The quantitative estimate of drug-likeness (QED) is 0.347. The van der Waals surface area contributed by atoms with Crippen LogP contribution in [-0.2, 0) is 22.5 Å². The second-order valence-electron chi connectivity index (χ2n) is 8.40. The van der Waals surface area contributed by atoms with Crippen molar-refractivity contribution >= 4 is 34.5 Å². The maximum atomic E-state index is 12.4. The van der Waals surface area contributed by atoms with Crippen LogP contribution in [0.5, 0.6) is 5.75 Å². The number of thioether (sulfide) groups is 1. The van der Waals surface area contributed by atoms with Gasteiger partial charge in [0.15, 0.2) is 10.8 Å². The predicted molar refractivity (Wildman–Crippen MR) is 134 cm³/mol. The number of anilines is 1. The fourth-order valence-electron chi connectivity index (χ4n) is 3.80. The number of aromatic nitrogens is 4. The number of hydrogen-bond acceptors (Lipinski definition) is 8. The molecule has 2 aromatic heterocycles. The van der Waals surface area contributed by atoms with E-state index in [1.807, 2.05) is 35.1 Å². The summed E-state index contributed by atoms with van der Waals surface area (Å²) in [6, 6.07) is 7.80. The lowest BCUT2D eigenvalue weighted by atomic mass is 10.1. The van der Waals surface area contributed by atoms with Gasteiger partial charge in [0, 0.05) is 31.3 Å². The molecule has 34 heavy (non-hydrogen) atoms. The number of methoxy groups -OCH3 is 1. The van der Waals surface area contributed by atoms with Crippen LogP contribution in [0.1, 0.15) is 25.8 Å². The first-order valence-electron chi connectivity index (χ1n) is 11.7. The van der Waals surface area contributed by atoms with E-state index in [-0.39, 0.29) is 5.91 Å². The largest absolute Gasteiger partial charge is 0.497 e. The SMILES string of the molecule is COc1ccc(CCC(=O)NCCn2ncc3c(N4CCOCC4)nc(SC(C)C)nc32)cc1. The van der Waals surface area contributed by atoms with Gasteiger partial charge in [0.05, 0.1) is 38.5 Å². The molecule has 0 unspecified atom stereocenters. The van der Waals surface area contributed by atoms with Crippen LogP contribution in [0.4, 0.5) is 5.82 Å². The van der Waals surface area contributed by atoms with Crippen LogP contribution in [0.2, 0.25) is 0 Å². The Labute approximate surface area is 204 Å². The van der Waals surface area contributed by atoms with Gasteiger partial charge in [-0.2, -0.15) is 5.10 Å². The topological polar surface area (TPSA) is 94.4 Å². The average Bonchev–Trinajstić information content (AvgIpc) is 3.25. The molecule has 0 spiro atoms. The number of nitrogens with one attached hydrogen (secondary N) is 1. The van der Waals surface area contributed by atoms with E-state index < -0.39 is 0 Å². The highest BCUT2D eigenvalue weighted by Crippen LogP contribution is 2.29. The fourth-order valence-corrected chi connectivity index (χ4v) is 4.50. The van der Waals surface area contributed by atoms with Gasteiger partial charge < -0.3 is 19.7 Å². The van der Waals surface area contributed by atoms with Crippen LogP contribution >= 0.6 is 11.8 Å². The molecule has 1 aliphatic rings. The third kappa shape index (κ3) is 6.18. The van der Waals surface area contributed by atoms with Crippen LogP contribution in [0, 0.1) is 0 Å². The summed E-state index contributed by atoms with van der Waals surface area (Å²) >= 11 is 1.64. The molecule has 1 saturated heterocycles. The van der Waals surface area contributed by atoms with E-state index in [1.54, 1.807) is 18.9 Å². The van der Waals surface area contributed by atoms with Gasteiger partial charge in [-0.15, -0.1) is 0 Å². The molecule has 0 aliphatic carbocycles. The Morgan fingerprint density at radius 3 is 2.68 bits per heavy atom. The molecular formula is C24H32N6O3S. The Bertz CT molecular complexity index is 1100. The molecule has 3 aromatic rings. The maximum Gasteiger partial charge on any atom is 0.220 e. The molecule has 4 rings (SSSR count). The minimum atomic E-state index is 0.0203. The van der Waals surface area contributed by atoms with Gasteiger partial charge in [-0.05, 0) is 24.1 Å². The van der Waals surface area contributed by atoms with Crippen molar-refractivity contribution in [3.63, 3.8) is 0 Å². The average molecular weight is 485 g/mol. The number of carbonyl (C=O) groups is 1. The van der Waals surface area contributed by atoms with Gasteiger partial charge in [0.25, 0.3) is 0 Å². The van der Waals surface area contributed by atoms with Crippen LogP contribution in [0.25, 0.3) is 11.0 Å². The van der Waals surface area contributed by atoms with Crippen molar-refractivity contribution in [2.45, 2.75) is 43.6 Å². The lowest BCUT2D eigenvalue weighted by Gasteiger charge is -2.28. The number of carbonyl (C=O) groups excluding carboxylic acids is 1. The van der Waals surface area contributed by atoms with E-state index in [1.165, 1.54) is 0 Å². The molecule has 1 aromatic carbocycles. The smallest absolute Gasteiger partial charge is 0.220 e. The Balaban J connectivity index is 1.39. The van der Waals surface area contributed by atoms with Crippen molar-refractivity contribution in [1.29, 1.82) is 0 Å². The van der Waals surface area contributed by atoms with E-state index in [0.717, 1.165) is 46.4 Å². The first kappa shape index (κ1) is 24.3. The summed E-state index contributed by atoms with van der Waals surface area (Å²) < 4.78 is 12.5. The second kappa shape index (κ2) is 11.5. The van der Waals surface area contributed by atoms with E-state index in [4.69, 9.17) is 19.4 Å². The summed E-state index contributed by atoms with van der Waals surface area (Å²) in [7, 11) is 1.64. The summed E-state index contributed by atoms with van der Waals surface area (Å²) in [5.74, 6) is 1.74. The van der Waals surface area contributed by atoms with Crippen molar-refractivity contribution in [2.24, 2.45) is 0 Å². The van der Waals surface area contributed by atoms with Gasteiger partial charge >= 0.3 is 0 Å². The molecule has 9 nitrogen and oxygen atoms in total. The molecule has 1 aliphatic heterocycles. The van der Waals surface area contributed by atoms with Crippen LogP contribution in [0.3, 0.4) is 0 Å². The molecule has 1 N–H and O–H groups in total. The zero-order valence-electron chi connectivity index (χ0n) is 20.0. The maximum absolute atomic E-state index is 12.4. The van der Waals surface area contributed by atoms with Crippen molar-refractivity contribution in [2.75, 3.05) is 44.9 Å². The number of nitrogens with zero attached hydrogens (tertiary/aromatic N) is 5. The van der Waals surface area contributed by atoms with Gasteiger partial charge in [-0.3, -0.25) is 4.79 Å². The Morgan fingerprint density at radius 2 is 1.97 bits per heavy atom. The molecule has 0 bridgehead atoms. The van der Waals surface area contributed by atoms with E-state index >= 15 is 0 Å². The second-order valence-corrected chi connectivity index (χ2v) is 9.94. The van der Waals surface area contributed by atoms with E-state index in [9.17, 15) is 4.79 Å². The van der Waals surface area contributed by atoms with Crippen molar-refractivity contribution in [3.05, 3.63) is 36.0 Å². The van der Waals surface area contributed by atoms with Crippen LogP contribution in [0.15, 0.2) is 35.6 Å². The number of fused-ring (bicyclic) bond motifs is 1. The molecule has 182 valence electrons. The number of hydrogen-bond donors (Lipinski definition) is 1. The van der Waals surface area contributed by atoms with Crippen molar-refractivity contribution in [3.8, 4) is 5.75 Å². The predicted octanol–water partition coefficient (Wildman–Crippen LogP) is 2.92. The highest BCUT2D eigenvalue weighted by atomic mass is 32.2. The number of morpholine rings is 1. The van der Waals surface area contributed by atoms with Gasteiger partial charge in [-0.1, -0.05) is 37.7 Å². The summed E-state index contributed by atoms with van der Waals surface area (Å²) in [6.07, 6.45) is 2.95. The third-order valence-electron chi connectivity index (χ3n) is 5.55. The molecule has 1 fully saturated rings. The highest BCUT2D eigenvalue weighted by Gasteiger charge is 2.20. The lowest BCUT2D eigenvalue weighted by Crippen LogP contribution is -2.37. The van der Waals surface area contributed by atoms with Crippen LogP contribution < -0.4 is 15.0 Å². The van der Waals surface area contributed by atoms with Gasteiger partial charge in [0.2, 0.25) is 5.91 Å². The fraction of sp³-hybridized carbons (Fsp3) is 0.500. The van der Waals surface area contributed by atoms with Crippen molar-refractivity contribution < 1.29 is 14.3 Å². The van der Waals surface area contributed by atoms with Gasteiger partial charge in [0.1, 0.15) is 11.6 Å². The minimum absolute atomic E-state index is 0.0203. The van der Waals surface area contributed by atoms with Crippen LogP contribution in [-0.4, -0.2) is 70.9 Å². The summed E-state index contributed by atoms with van der Waals surface area (Å²) in [5, 5.41) is 9.61. The normalized spacial score (nSPS) is 14.1. The first-order valence-corrected chi connectivity index (χ1v) is 12.5. The number of aryl methyl sites for hydroxylation is 1. The number of ether oxygens (including phenoxy) is 2. The van der Waals surface area contributed by atoms with E-state index in [0.29, 0.717) is 44.4 Å². The molecule has 0 saturated carbocycles. The number of rotatable bonds is 10. The zero-order valence-corrected chi connectivity index (χ0v) is 20.8. The lowest BCUT2D eigenvalue weighted by molar-refractivity contribution is -0.121. The Hall–Kier alpha value is -2.85. The molecule has 0 atom stereocenters. The van der Waals surface area contributed by atoms with E-state index in [2.05, 4.69) is 29.2 Å². The third-order valence-corrected chi connectivity index (χ3v) is 6.42. The summed E-state index contributed by atoms with van der Waals surface area (Å²) in [6.45, 7) is 8.27. The first-order chi connectivity index (χ1) is 16.5. The zero-order chi connectivity index (χ0) is 23.9. The summed E-state index contributed by atoms with van der Waals surface area (Å²) in [5.41, 5.74) is 1.91. The molecule has 0 radical (unpaired) electrons. The number of benzene rings is 1. The van der Waals surface area contributed by atoms with Crippen molar-refractivity contribution in [1.82, 2.24) is 25.1 Å². The Morgan fingerprint density at radius 1 is 1.21 bits per heavy atom. The van der Waals surface area contributed by atoms with Gasteiger partial charge in [-0.25, -0.2) is 14.6 Å². The highest BCUT2D eigenvalue weighted by molar-refractivity contribution is 7.99. The number of amides is 1. The standard InChI is InChI=1S/C24H32N6O3S/c1-17(2)34-24-27-22(29-12-14-33-15-13-29)20-16-26-30(23(20)28-24)11-10-25-21(31)9-6-18-4-7-19(32-3)8-5-18/h4-5,7-8,16-17H,6,9-15H2,1-3H3,(H,25,31). The minimum Gasteiger partial charge on any atom is -0.497 e. The molecule has 1 amide bonds.